The quantitative estimate of drug-likeness (QED) is 0.450. The third kappa shape index (κ3) is 5.18. The Bertz CT molecular complexity index is 1160. The van der Waals surface area contributed by atoms with Crippen LogP contribution in [0.5, 0.6) is 0 Å². The van der Waals surface area contributed by atoms with Gasteiger partial charge in [0.25, 0.3) is 0 Å². The first-order valence-corrected chi connectivity index (χ1v) is 13.8. The number of hydrogen-bond donors (Lipinski definition) is 1. The molecule has 5 nitrogen and oxygen atoms in total. The van der Waals surface area contributed by atoms with Crippen LogP contribution in [0, 0.1) is 6.92 Å². The standard InChI is InChI=1S/C31H40N4O/c1-4-23-11-8-12-24(5-2)29(23)30-33-22(3)26(31(34-30)35-18-20-36-21-19-35)16-17-32-28-15-9-13-25-10-6-7-14-27(25)28/h6-8,10-12,14,28,32H,4-5,9,13,15-21H2,1-3H3/t28-/m0/s1. The number of aromatic nitrogens is 2. The van der Waals surface area contributed by atoms with E-state index < -0.39 is 0 Å². The Kier molecular flexibility index (Phi) is 7.98. The van der Waals surface area contributed by atoms with Gasteiger partial charge in [0.2, 0.25) is 0 Å². The molecule has 1 fully saturated rings. The van der Waals surface area contributed by atoms with Crippen molar-refractivity contribution in [3.63, 3.8) is 0 Å². The van der Waals surface area contributed by atoms with E-state index in [1.54, 1.807) is 0 Å². The van der Waals surface area contributed by atoms with Gasteiger partial charge in [-0.15, -0.1) is 0 Å². The third-order valence-electron chi connectivity index (χ3n) is 7.86. The van der Waals surface area contributed by atoms with E-state index in [0.717, 1.165) is 69.4 Å². The highest BCUT2D eigenvalue weighted by Gasteiger charge is 2.23. The van der Waals surface area contributed by atoms with Crippen molar-refractivity contribution >= 4 is 5.82 Å². The molecule has 1 aliphatic carbocycles. The minimum Gasteiger partial charge on any atom is -0.378 e. The Balaban J connectivity index is 1.45. The van der Waals surface area contributed by atoms with Crippen molar-refractivity contribution in [1.82, 2.24) is 15.3 Å². The lowest BCUT2D eigenvalue weighted by Crippen LogP contribution is -2.38. The summed E-state index contributed by atoms with van der Waals surface area (Å²) in [5.74, 6) is 1.97. The monoisotopic (exact) mass is 484 g/mol. The highest BCUT2D eigenvalue weighted by Crippen LogP contribution is 2.32. The van der Waals surface area contributed by atoms with E-state index in [9.17, 15) is 0 Å². The molecule has 0 bridgehead atoms. The Morgan fingerprint density at radius 1 is 0.972 bits per heavy atom. The predicted molar refractivity (Wildman–Crippen MR) is 148 cm³/mol. The molecule has 5 rings (SSSR count). The highest BCUT2D eigenvalue weighted by molar-refractivity contribution is 5.68. The molecular weight excluding hydrogens is 444 g/mol. The lowest BCUT2D eigenvalue weighted by molar-refractivity contribution is 0.122. The molecule has 1 saturated heterocycles. The second-order valence-electron chi connectivity index (χ2n) is 10.0. The summed E-state index contributed by atoms with van der Waals surface area (Å²) in [7, 11) is 0. The maximum atomic E-state index is 5.68. The van der Waals surface area contributed by atoms with Crippen LogP contribution in [-0.2, 0) is 30.4 Å². The number of benzene rings is 2. The summed E-state index contributed by atoms with van der Waals surface area (Å²) in [4.78, 5) is 12.8. The fourth-order valence-corrected chi connectivity index (χ4v) is 5.89. The van der Waals surface area contributed by atoms with Crippen LogP contribution < -0.4 is 10.2 Å². The van der Waals surface area contributed by atoms with Crippen LogP contribution in [0.2, 0.25) is 0 Å². The minimum absolute atomic E-state index is 0.436. The smallest absolute Gasteiger partial charge is 0.162 e. The average Bonchev–Trinajstić information content (AvgIpc) is 2.93. The van der Waals surface area contributed by atoms with Gasteiger partial charge in [0.15, 0.2) is 5.82 Å². The van der Waals surface area contributed by atoms with Gasteiger partial charge in [-0.25, -0.2) is 9.97 Å². The van der Waals surface area contributed by atoms with Gasteiger partial charge >= 0.3 is 0 Å². The van der Waals surface area contributed by atoms with Gasteiger partial charge in [-0.3, -0.25) is 0 Å². The first kappa shape index (κ1) is 24.9. The summed E-state index contributed by atoms with van der Waals surface area (Å²) in [6.45, 7) is 10.8. The van der Waals surface area contributed by atoms with E-state index in [1.807, 2.05) is 0 Å². The third-order valence-corrected chi connectivity index (χ3v) is 7.86. The Labute approximate surface area is 216 Å². The van der Waals surface area contributed by atoms with Crippen LogP contribution in [0.4, 0.5) is 5.82 Å². The summed E-state index contributed by atoms with van der Waals surface area (Å²) < 4.78 is 5.68. The number of morpholine rings is 1. The molecule has 0 amide bonds. The van der Waals surface area contributed by atoms with Crippen LogP contribution in [0.15, 0.2) is 42.5 Å². The number of rotatable bonds is 8. The topological polar surface area (TPSA) is 50.3 Å². The van der Waals surface area contributed by atoms with Gasteiger partial charge < -0.3 is 15.0 Å². The van der Waals surface area contributed by atoms with E-state index >= 15 is 0 Å². The van der Waals surface area contributed by atoms with Crippen molar-refractivity contribution in [3.8, 4) is 11.4 Å². The largest absolute Gasteiger partial charge is 0.378 e. The maximum Gasteiger partial charge on any atom is 0.162 e. The van der Waals surface area contributed by atoms with Crippen molar-refractivity contribution in [1.29, 1.82) is 0 Å². The molecule has 190 valence electrons. The molecule has 2 heterocycles. The summed E-state index contributed by atoms with van der Waals surface area (Å²) in [6.07, 6.45) is 6.53. The molecule has 0 saturated carbocycles. The Morgan fingerprint density at radius 3 is 2.47 bits per heavy atom. The van der Waals surface area contributed by atoms with E-state index in [0.29, 0.717) is 6.04 Å². The molecule has 3 aromatic rings. The molecular formula is C31H40N4O. The average molecular weight is 485 g/mol. The number of aryl methyl sites for hydroxylation is 4. The number of nitrogens with zero attached hydrogens (tertiary/aromatic N) is 3. The molecule has 2 aliphatic rings. The van der Waals surface area contributed by atoms with E-state index in [2.05, 4.69) is 73.5 Å². The summed E-state index contributed by atoms with van der Waals surface area (Å²) in [5, 5.41) is 3.87. The van der Waals surface area contributed by atoms with Gasteiger partial charge in [-0.2, -0.15) is 0 Å². The van der Waals surface area contributed by atoms with Gasteiger partial charge in [-0.05, 0) is 74.2 Å². The Hall–Kier alpha value is -2.76. The highest BCUT2D eigenvalue weighted by atomic mass is 16.5. The van der Waals surface area contributed by atoms with Gasteiger partial charge in [0, 0.05) is 36.0 Å². The van der Waals surface area contributed by atoms with E-state index in [-0.39, 0.29) is 0 Å². The fraction of sp³-hybridized carbons (Fsp3) is 0.484. The zero-order chi connectivity index (χ0) is 24.9. The van der Waals surface area contributed by atoms with Crippen molar-refractivity contribution < 1.29 is 4.74 Å². The van der Waals surface area contributed by atoms with Crippen LogP contribution in [0.25, 0.3) is 11.4 Å². The lowest BCUT2D eigenvalue weighted by Gasteiger charge is -2.31. The number of nitrogens with one attached hydrogen (secondary N) is 1. The van der Waals surface area contributed by atoms with Gasteiger partial charge in [-0.1, -0.05) is 56.3 Å². The second-order valence-corrected chi connectivity index (χ2v) is 10.0. The second kappa shape index (κ2) is 11.5. The van der Waals surface area contributed by atoms with Crippen LogP contribution in [0.3, 0.4) is 0 Å². The minimum atomic E-state index is 0.436. The van der Waals surface area contributed by atoms with Crippen LogP contribution in [-0.4, -0.2) is 42.8 Å². The maximum absolute atomic E-state index is 5.68. The molecule has 36 heavy (non-hydrogen) atoms. The van der Waals surface area contributed by atoms with Crippen molar-refractivity contribution in [3.05, 3.63) is 76.0 Å². The predicted octanol–water partition coefficient (Wildman–Crippen LogP) is 5.62. The molecule has 0 radical (unpaired) electrons. The van der Waals surface area contributed by atoms with E-state index in [4.69, 9.17) is 14.7 Å². The normalized spacial score (nSPS) is 17.8. The zero-order valence-corrected chi connectivity index (χ0v) is 22.1. The molecule has 2 aromatic carbocycles. The molecule has 5 heteroatoms. The number of hydrogen-bond acceptors (Lipinski definition) is 5. The first-order valence-electron chi connectivity index (χ1n) is 13.8. The van der Waals surface area contributed by atoms with Crippen molar-refractivity contribution in [2.45, 2.75) is 65.3 Å². The van der Waals surface area contributed by atoms with Crippen molar-refractivity contribution in [2.75, 3.05) is 37.7 Å². The van der Waals surface area contributed by atoms with Crippen LogP contribution in [0.1, 0.15) is 66.2 Å². The number of ether oxygens (including phenoxy) is 1. The number of anilines is 1. The fourth-order valence-electron chi connectivity index (χ4n) is 5.89. The molecule has 0 spiro atoms. The molecule has 1 atom stereocenters. The molecule has 0 unspecified atom stereocenters. The molecule has 1 N–H and O–H groups in total. The summed E-state index contributed by atoms with van der Waals surface area (Å²) in [5.41, 5.74) is 9.22. The summed E-state index contributed by atoms with van der Waals surface area (Å²) >= 11 is 0. The first-order chi connectivity index (χ1) is 17.7. The zero-order valence-electron chi connectivity index (χ0n) is 22.1. The van der Waals surface area contributed by atoms with Gasteiger partial charge in [0.05, 0.1) is 13.2 Å². The molecule has 1 aliphatic heterocycles. The summed E-state index contributed by atoms with van der Waals surface area (Å²) in [6, 6.07) is 16.0. The van der Waals surface area contributed by atoms with Crippen LogP contribution >= 0.6 is 0 Å². The lowest BCUT2D eigenvalue weighted by atomic mass is 9.87. The van der Waals surface area contributed by atoms with Crippen molar-refractivity contribution in [2.24, 2.45) is 0 Å². The van der Waals surface area contributed by atoms with E-state index in [1.165, 1.54) is 52.6 Å². The van der Waals surface area contributed by atoms with Gasteiger partial charge in [0.1, 0.15) is 5.82 Å². The Morgan fingerprint density at radius 2 is 1.72 bits per heavy atom. The molecule has 1 aromatic heterocycles. The number of fused-ring (bicyclic) bond motifs is 1. The SMILES string of the molecule is CCc1cccc(CC)c1-c1nc(C)c(CCN[C@H]2CCCc3ccccc32)c(N2CCOCC2)n1.